The molecule has 1 aliphatic rings. The van der Waals surface area contributed by atoms with E-state index in [1.54, 1.807) is 34.8 Å². The largest absolute Gasteiger partial charge is 0.497 e. The number of nitrogens with zero attached hydrogens (tertiary/aromatic N) is 3. The van der Waals surface area contributed by atoms with E-state index in [2.05, 4.69) is 22.0 Å². The van der Waals surface area contributed by atoms with Crippen LogP contribution in [0.15, 0.2) is 82.4 Å². The Balaban J connectivity index is 1.28. The van der Waals surface area contributed by atoms with Gasteiger partial charge in [-0.1, -0.05) is 18.2 Å². The molecule has 1 saturated heterocycles. The van der Waals surface area contributed by atoms with E-state index >= 15 is 0 Å². The molecule has 4 aromatic rings. The van der Waals surface area contributed by atoms with Crippen LogP contribution in [0.25, 0.3) is 22.1 Å². The maximum atomic E-state index is 13.2. The average Bonchev–Trinajstić information content (AvgIpc) is 3.12. The number of ether oxygens (including phenoxy) is 1. The van der Waals surface area contributed by atoms with Crippen molar-refractivity contribution in [2.45, 2.75) is 17.9 Å². The van der Waals surface area contributed by atoms with Crippen LogP contribution in [0.1, 0.15) is 12.2 Å². The SMILES string of the molecule is COc1cccc(S(=O)(=O)N2CCCN(Cc3cc4cc(-c5cccnc5)ccc4o3)CC2)c1. The molecule has 3 heterocycles. The van der Waals surface area contributed by atoms with E-state index in [9.17, 15) is 8.42 Å². The topological polar surface area (TPSA) is 75.9 Å². The summed E-state index contributed by atoms with van der Waals surface area (Å²) >= 11 is 0. The van der Waals surface area contributed by atoms with E-state index in [-0.39, 0.29) is 4.90 Å². The molecule has 7 nitrogen and oxygen atoms in total. The van der Waals surface area contributed by atoms with Gasteiger partial charge in [0, 0.05) is 49.0 Å². The van der Waals surface area contributed by atoms with E-state index in [1.807, 2.05) is 30.5 Å². The van der Waals surface area contributed by atoms with Crippen molar-refractivity contribution >= 4 is 21.0 Å². The van der Waals surface area contributed by atoms with Crippen LogP contribution in [0.5, 0.6) is 5.75 Å². The van der Waals surface area contributed by atoms with Crippen molar-refractivity contribution in [3.8, 4) is 16.9 Å². The lowest BCUT2D eigenvalue weighted by molar-refractivity contribution is 0.258. The van der Waals surface area contributed by atoms with Gasteiger partial charge >= 0.3 is 0 Å². The summed E-state index contributed by atoms with van der Waals surface area (Å²) in [5.74, 6) is 1.41. The van der Waals surface area contributed by atoms with Crippen molar-refractivity contribution in [2.75, 3.05) is 33.3 Å². The minimum Gasteiger partial charge on any atom is -0.497 e. The molecule has 5 rings (SSSR count). The van der Waals surface area contributed by atoms with Gasteiger partial charge in [-0.25, -0.2) is 8.42 Å². The van der Waals surface area contributed by atoms with Crippen molar-refractivity contribution in [1.82, 2.24) is 14.2 Å². The summed E-state index contributed by atoms with van der Waals surface area (Å²) in [6.45, 7) is 3.02. The summed E-state index contributed by atoms with van der Waals surface area (Å²) in [4.78, 5) is 6.72. The third-order valence-corrected chi connectivity index (χ3v) is 8.06. The maximum absolute atomic E-state index is 13.2. The molecule has 8 heteroatoms. The molecule has 0 spiro atoms. The van der Waals surface area contributed by atoms with Crippen LogP contribution in [0, 0.1) is 0 Å². The minimum atomic E-state index is -3.57. The average molecular weight is 478 g/mol. The quantitative estimate of drug-likeness (QED) is 0.410. The number of fused-ring (bicyclic) bond motifs is 1. The standard InChI is InChI=1S/C26H27N3O4S/c1-32-23-6-2-7-25(17-23)34(30,31)29-12-4-11-28(13-14-29)19-24-16-22-15-20(8-9-26(22)33-24)21-5-3-10-27-18-21/h2-3,5-10,15-18H,4,11-14,19H2,1H3. The molecular weight excluding hydrogens is 450 g/mol. The second-order valence-electron chi connectivity index (χ2n) is 8.42. The molecule has 2 aromatic carbocycles. The molecule has 1 aliphatic heterocycles. The molecule has 0 aliphatic carbocycles. The first-order chi connectivity index (χ1) is 16.5. The number of aromatic nitrogens is 1. The van der Waals surface area contributed by atoms with Crippen LogP contribution in [-0.2, 0) is 16.6 Å². The van der Waals surface area contributed by atoms with Crippen LogP contribution in [-0.4, -0.2) is 55.9 Å². The Kier molecular flexibility index (Phi) is 6.36. The highest BCUT2D eigenvalue weighted by Gasteiger charge is 2.27. The van der Waals surface area contributed by atoms with Gasteiger partial charge in [0.2, 0.25) is 10.0 Å². The number of hydrogen-bond donors (Lipinski definition) is 0. The number of rotatable bonds is 6. The number of hydrogen-bond acceptors (Lipinski definition) is 6. The summed E-state index contributed by atoms with van der Waals surface area (Å²) in [7, 11) is -2.03. The Bertz CT molecular complexity index is 1390. The van der Waals surface area contributed by atoms with Crippen LogP contribution >= 0.6 is 0 Å². The summed E-state index contributed by atoms with van der Waals surface area (Å²) in [5, 5.41) is 1.05. The number of methoxy groups -OCH3 is 1. The van der Waals surface area contributed by atoms with E-state index in [1.165, 1.54) is 7.11 Å². The molecule has 176 valence electrons. The Morgan fingerprint density at radius 1 is 0.971 bits per heavy atom. The maximum Gasteiger partial charge on any atom is 0.243 e. The summed E-state index contributed by atoms with van der Waals surface area (Å²) < 4.78 is 39.2. The summed E-state index contributed by atoms with van der Waals surface area (Å²) in [6, 6.07) is 18.8. The molecule has 34 heavy (non-hydrogen) atoms. The first kappa shape index (κ1) is 22.6. The van der Waals surface area contributed by atoms with Crippen LogP contribution < -0.4 is 4.74 Å². The monoisotopic (exact) mass is 477 g/mol. The Labute approximate surface area is 199 Å². The predicted octanol–water partition coefficient (Wildman–Crippen LogP) is 4.40. The molecule has 0 amide bonds. The Morgan fingerprint density at radius 3 is 2.71 bits per heavy atom. The smallest absolute Gasteiger partial charge is 0.243 e. The molecule has 0 saturated carbocycles. The van der Waals surface area contributed by atoms with Gasteiger partial charge in [-0.2, -0.15) is 4.31 Å². The Hall–Kier alpha value is -3.20. The van der Waals surface area contributed by atoms with Crippen molar-refractivity contribution in [1.29, 1.82) is 0 Å². The lowest BCUT2D eigenvalue weighted by atomic mass is 10.1. The molecule has 0 N–H and O–H groups in total. The minimum absolute atomic E-state index is 0.266. The third-order valence-electron chi connectivity index (χ3n) is 6.17. The molecule has 1 fully saturated rings. The predicted molar refractivity (Wildman–Crippen MR) is 131 cm³/mol. The number of furan rings is 1. The molecule has 0 radical (unpaired) electrons. The fourth-order valence-corrected chi connectivity index (χ4v) is 5.87. The van der Waals surface area contributed by atoms with Crippen LogP contribution in [0.2, 0.25) is 0 Å². The third kappa shape index (κ3) is 4.70. The molecule has 2 aromatic heterocycles. The first-order valence-electron chi connectivity index (χ1n) is 11.3. The summed E-state index contributed by atoms with van der Waals surface area (Å²) in [5.41, 5.74) is 3.01. The lowest BCUT2D eigenvalue weighted by Gasteiger charge is -2.21. The van der Waals surface area contributed by atoms with Gasteiger partial charge in [-0.05, 0) is 54.9 Å². The van der Waals surface area contributed by atoms with Gasteiger partial charge in [0.25, 0.3) is 0 Å². The first-order valence-corrected chi connectivity index (χ1v) is 12.8. The number of benzene rings is 2. The van der Waals surface area contributed by atoms with Crippen LogP contribution in [0.4, 0.5) is 0 Å². The highest BCUT2D eigenvalue weighted by molar-refractivity contribution is 7.89. The van der Waals surface area contributed by atoms with Gasteiger partial charge in [-0.15, -0.1) is 0 Å². The van der Waals surface area contributed by atoms with Gasteiger partial charge in [0.05, 0.1) is 18.6 Å². The van der Waals surface area contributed by atoms with Gasteiger partial charge in [0.1, 0.15) is 17.1 Å². The lowest BCUT2D eigenvalue weighted by Crippen LogP contribution is -2.35. The van der Waals surface area contributed by atoms with Gasteiger partial charge in [0.15, 0.2) is 0 Å². The molecule has 0 unspecified atom stereocenters. The van der Waals surface area contributed by atoms with Gasteiger partial charge in [-0.3, -0.25) is 9.88 Å². The number of pyridine rings is 1. The highest BCUT2D eigenvalue weighted by Crippen LogP contribution is 2.27. The van der Waals surface area contributed by atoms with Crippen molar-refractivity contribution in [2.24, 2.45) is 0 Å². The highest BCUT2D eigenvalue weighted by atomic mass is 32.2. The normalized spacial score (nSPS) is 15.9. The fourth-order valence-electron chi connectivity index (χ4n) is 4.37. The molecule has 0 bridgehead atoms. The van der Waals surface area contributed by atoms with Crippen molar-refractivity contribution in [3.05, 3.63) is 78.8 Å². The van der Waals surface area contributed by atoms with Crippen molar-refractivity contribution < 1.29 is 17.6 Å². The van der Waals surface area contributed by atoms with E-state index < -0.39 is 10.0 Å². The zero-order valence-electron chi connectivity index (χ0n) is 19.1. The van der Waals surface area contributed by atoms with Crippen molar-refractivity contribution in [3.63, 3.8) is 0 Å². The number of sulfonamides is 1. The zero-order valence-corrected chi connectivity index (χ0v) is 19.9. The van der Waals surface area contributed by atoms with E-state index in [0.29, 0.717) is 31.9 Å². The molecule has 0 atom stereocenters. The van der Waals surface area contributed by atoms with Gasteiger partial charge < -0.3 is 9.15 Å². The van der Waals surface area contributed by atoms with Crippen LogP contribution in [0.3, 0.4) is 0 Å². The Morgan fingerprint density at radius 2 is 1.88 bits per heavy atom. The fraction of sp³-hybridized carbons (Fsp3) is 0.269. The second kappa shape index (κ2) is 9.58. The zero-order chi connectivity index (χ0) is 23.5. The molecular formula is C26H27N3O4S. The summed E-state index contributed by atoms with van der Waals surface area (Å²) in [6.07, 6.45) is 4.38. The second-order valence-corrected chi connectivity index (χ2v) is 10.4. The van der Waals surface area contributed by atoms with E-state index in [0.717, 1.165) is 40.8 Å². The van der Waals surface area contributed by atoms with E-state index in [4.69, 9.17) is 9.15 Å².